The lowest BCUT2D eigenvalue weighted by molar-refractivity contribution is -0.139. The van der Waals surface area contributed by atoms with Crippen LogP contribution < -0.4 is 5.32 Å². The molecular formula is C17H20Cl3NO4. The highest BCUT2D eigenvalue weighted by molar-refractivity contribution is 6.67. The fourth-order valence-electron chi connectivity index (χ4n) is 2.07. The minimum Gasteiger partial charge on any atom is -0.469 e. The zero-order valence-electron chi connectivity index (χ0n) is 13.9. The van der Waals surface area contributed by atoms with Gasteiger partial charge in [0.1, 0.15) is 6.61 Å². The highest BCUT2D eigenvalue weighted by atomic mass is 35.6. The van der Waals surface area contributed by atoms with Gasteiger partial charge in [-0.2, -0.15) is 0 Å². The third-order valence-electron chi connectivity index (χ3n) is 3.28. The van der Waals surface area contributed by atoms with Crippen LogP contribution in [0.1, 0.15) is 24.9 Å². The molecule has 5 nitrogen and oxygen atoms in total. The van der Waals surface area contributed by atoms with E-state index in [9.17, 15) is 9.59 Å². The van der Waals surface area contributed by atoms with E-state index in [0.717, 1.165) is 5.56 Å². The maximum atomic E-state index is 12.0. The summed E-state index contributed by atoms with van der Waals surface area (Å²) in [5.41, 5.74) is 0.878. The smallest absolute Gasteiger partial charge is 0.407 e. The molecule has 1 rings (SSSR count). The van der Waals surface area contributed by atoms with Crippen LogP contribution in [0.5, 0.6) is 0 Å². The Kier molecular flexibility index (Phi) is 9.11. The molecule has 0 unspecified atom stereocenters. The third kappa shape index (κ3) is 9.00. The van der Waals surface area contributed by atoms with Crippen LogP contribution in [0, 0.1) is 5.92 Å². The van der Waals surface area contributed by atoms with E-state index in [2.05, 4.69) is 10.1 Å². The van der Waals surface area contributed by atoms with Gasteiger partial charge in [-0.15, -0.1) is 0 Å². The fourth-order valence-corrected chi connectivity index (χ4v) is 2.23. The predicted octanol–water partition coefficient (Wildman–Crippen LogP) is 4.58. The summed E-state index contributed by atoms with van der Waals surface area (Å²) in [7, 11) is 1.33. The molecular weight excluding hydrogens is 389 g/mol. The Bertz CT molecular complexity index is 587. The number of nitrogens with one attached hydrogen (secondary N) is 1. The van der Waals surface area contributed by atoms with Crippen molar-refractivity contribution >= 4 is 46.9 Å². The molecule has 138 valence electrons. The molecule has 0 saturated carbocycles. The van der Waals surface area contributed by atoms with Crippen LogP contribution in [0.4, 0.5) is 4.79 Å². The number of halogens is 3. The van der Waals surface area contributed by atoms with Gasteiger partial charge in [0.05, 0.1) is 19.6 Å². The molecule has 8 heteroatoms. The van der Waals surface area contributed by atoms with Crippen molar-refractivity contribution in [3.05, 3.63) is 48.0 Å². The summed E-state index contributed by atoms with van der Waals surface area (Å²) in [5.74, 6) is -0.456. The fraction of sp³-hybridized carbons (Fsp3) is 0.412. The van der Waals surface area contributed by atoms with Crippen molar-refractivity contribution in [2.45, 2.75) is 23.2 Å². The summed E-state index contributed by atoms with van der Waals surface area (Å²) in [4.78, 5) is 23.2. The lowest BCUT2D eigenvalue weighted by Gasteiger charge is -2.24. The number of carbonyl (C=O) groups excluding carboxylic acids is 2. The first-order valence-electron chi connectivity index (χ1n) is 7.51. The van der Waals surface area contributed by atoms with E-state index < -0.39 is 9.89 Å². The Balaban J connectivity index is 2.80. The third-order valence-corrected chi connectivity index (χ3v) is 3.60. The lowest BCUT2D eigenvalue weighted by Crippen LogP contribution is -2.34. The van der Waals surface area contributed by atoms with Gasteiger partial charge in [-0.3, -0.25) is 4.79 Å². The molecule has 1 aromatic carbocycles. The highest BCUT2D eigenvalue weighted by Gasteiger charge is 2.25. The van der Waals surface area contributed by atoms with Crippen LogP contribution in [0.15, 0.2) is 42.5 Å². The zero-order chi connectivity index (χ0) is 18.9. The van der Waals surface area contributed by atoms with E-state index in [1.165, 1.54) is 7.11 Å². The standard InChI is InChI=1S/C17H20Cl3NO4/c1-12(7-6-10-14(22)24-2)15(13-8-4-3-5-9-13)21-16(23)25-11-17(18,19)20/h3-9,12,15H,10-11H2,1-2H3,(H,21,23)/b7-6+/t12-,15+/m1/s1. The Hall–Kier alpha value is -1.43. The van der Waals surface area contributed by atoms with E-state index in [-0.39, 0.29) is 31.0 Å². The summed E-state index contributed by atoms with van der Waals surface area (Å²) < 4.78 is 7.84. The molecule has 0 aliphatic heterocycles. The van der Waals surface area contributed by atoms with Gasteiger partial charge in [0, 0.05) is 0 Å². The molecule has 0 heterocycles. The van der Waals surface area contributed by atoms with Crippen LogP contribution in [-0.2, 0) is 14.3 Å². The van der Waals surface area contributed by atoms with Gasteiger partial charge in [0.2, 0.25) is 3.79 Å². The topological polar surface area (TPSA) is 64.6 Å². The first-order valence-corrected chi connectivity index (χ1v) is 8.64. The van der Waals surface area contributed by atoms with Crippen molar-refractivity contribution in [1.82, 2.24) is 5.32 Å². The number of rotatable bonds is 7. The van der Waals surface area contributed by atoms with E-state index in [1.807, 2.05) is 43.3 Å². The van der Waals surface area contributed by atoms with Gasteiger partial charge in [-0.25, -0.2) is 4.79 Å². The van der Waals surface area contributed by atoms with Crippen molar-refractivity contribution in [3.63, 3.8) is 0 Å². The second-order valence-electron chi connectivity index (χ2n) is 5.29. The summed E-state index contributed by atoms with van der Waals surface area (Å²) in [5, 5.41) is 2.75. The van der Waals surface area contributed by atoms with E-state index >= 15 is 0 Å². The summed E-state index contributed by atoms with van der Waals surface area (Å²) in [6, 6.07) is 8.98. The van der Waals surface area contributed by atoms with Crippen molar-refractivity contribution in [1.29, 1.82) is 0 Å². The van der Waals surface area contributed by atoms with Crippen LogP contribution in [-0.4, -0.2) is 29.6 Å². The Morgan fingerprint density at radius 3 is 2.44 bits per heavy atom. The van der Waals surface area contributed by atoms with Gasteiger partial charge in [0.25, 0.3) is 0 Å². The number of ether oxygens (including phenoxy) is 2. The lowest BCUT2D eigenvalue weighted by atomic mass is 9.94. The maximum absolute atomic E-state index is 12.0. The molecule has 0 aliphatic carbocycles. The molecule has 1 aromatic rings. The van der Waals surface area contributed by atoms with Gasteiger partial charge in [-0.05, 0) is 11.5 Å². The molecule has 0 fully saturated rings. The molecule has 1 amide bonds. The molecule has 0 aliphatic rings. The van der Waals surface area contributed by atoms with Crippen LogP contribution in [0.25, 0.3) is 0 Å². The Morgan fingerprint density at radius 1 is 1.24 bits per heavy atom. The van der Waals surface area contributed by atoms with E-state index in [4.69, 9.17) is 39.5 Å². The number of benzene rings is 1. The minimum atomic E-state index is -1.67. The van der Waals surface area contributed by atoms with E-state index in [1.54, 1.807) is 6.08 Å². The average molecular weight is 409 g/mol. The van der Waals surface area contributed by atoms with Crippen LogP contribution in [0.2, 0.25) is 0 Å². The largest absolute Gasteiger partial charge is 0.469 e. The van der Waals surface area contributed by atoms with Crippen molar-refractivity contribution < 1.29 is 19.1 Å². The monoisotopic (exact) mass is 407 g/mol. The quantitative estimate of drug-likeness (QED) is 0.407. The number of amides is 1. The van der Waals surface area contributed by atoms with E-state index in [0.29, 0.717) is 0 Å². The predicted molar refractivity (Wildman–Crippen MR) is 98.9 cm³/mol. The molecule has 1 N–H and O–H groups in total. The van der Waals surface area contributed by atoms with Gasteiger partial charge < -0.3 is 14.8 Å². The first-order chi connectivity index (χ1) is 11.7. The molecule has 0 spiro atoms. The molecule has 0 radical (unpaired) electrons. The second kappa shape index (κ2) is 10.5. The summed E-state index contributed by atoms with van der Waals surface area (Å²) >= 11 is 16.7. The Morgan fingerprint density at radius 2 is 1.88 bits per heavy atom. The summed E-state index contributed by atoms with van der Waals surface area (Å²) in [6.45, 7) is 1.54. The number of methoxy groups -OCH3 is 1. The van der Waals surface area contributed by atoms with Crippen molar-refractivity contribution in [2.75, 3.05) is 13.7 Å². The Labute approximate surface area is 162 Å². The maximum Gasteiger partial charge on any atom is 0.407 e. The zero-order valence-corrected chi connectivity index (χ0v) is 16.1. The average Bonchev–Trinajstić information content (AvgIpc) is 2.57. The number of carbonyl (C=O) groups is 2. The molecule has 25 heavy (non-hydrogen) atoms. The number of alkyl carbamates (subject to hydrolysis) is 1. The summed E-state index contributed by atoms with van der Waals surface area (Å²) in [6.07, 6.45) is 2.97. The number of alkyl halides is 3. The molecule has 0 saturated heterocycles. The molecule has 2 atom stereocenters. The van der Waals surface area contributed by atoms with Crippen LogP contribution in [0.3, 0.4) is 0 Å². The van der Waals surface area contributed by atoms with Crippen molar-refractivity contribution in [2.24, 2.45) is 5.92 Å². The molecule has 0 bridgehead atoms. The second-order valence-corrected chi connectivity index (χ2v) is 7.81. The van der Waals surface area contributed by atoms with Crippen LogP contribution >= 0.6 is 34.8 Å². The SMILES string of the molecule is COC(=O)C/C=C/[C@@H](C)[C@H](NC(=O)OCC(Cl)(Cl)Cl)c1ccccc1. The number of hydrogen-bond donors (Lipinski definition) is 1. The van der Waals surface area contributed by atoms with Gasteiger partial charge in [0.15, 0.2) is 0 Å². The number of hydrogen-bond acceptors (Lipinski definition) is 4. The number of esters is 1. The van der Waals surface area contributed by atoms with Gasteiger partial charge >= 0.3 is 12.1 Å². The normalized spacial score (nSPS) is 14.0. The van der Waals surface area contributed by atoms with Crippen molar-refractivity contribution in [3.8, 4) is 0 Å². The minimum absolute atomic E-state index is 0.118. The first kappa shape index (κ1) is 21.6. The molecule has 0 aromatic heterocycles. The highest BCUT2D eigenvalue weighted by Crippen LogP contribution is 2.27. The van der Waals surface area contributed by atoms with Gasteiger partial charge in [-0.1, -0.05) is 84.2 Å².